The van der Waals surface area contributed by atoms with E-state index in [-0.39, 0.29) is 0 Å². The lowest BCUT2D eigenvalue weighted by Crippen LogP contribution is -2.62. The summed E-state index contributed by atoms with van der Waals surface area (Å²) in [5, 5.41) is 3.69. The van der Waals surface area contributed by atoms with Gasteiger partial charge in [0.15, 0.2) is 0 Å². The van der Waals surface area contributed by atoms with Crippen LogP contribution in [-0.4, -0.2) is 36.1 Å². The number of hydrogen-bond donors (Lipinski definition) is 1. The van der Waals surface area contributed by atoms with Crippen molar-refractivity contribution >= 4 is 0 Å². The molecule has 96 valence electrons. The molecule has 3 unspecified atom stereocenters. The van der Waals surface area contributed by atoms with E-state index in [1.54, 1.807) is 0 Å². The van der Waals surface area contributed by atoms with E-state index in [0.717, 1.165) is 12.5 Å². The van der Waals surface area contributed by atoms with Crippen molar-refractivity contribution in [3.05, 3.63) is 0 Å². The SMILES string of the molecule is CC(C)C(C)N1CC(C(C)(C)C)NCC1C. The molecule has 1 aliphatic heterocycles. The second-order valence-corrected chi connectivity index (χ2v) is 6.86. The maximum absolute atomic E-state index is 3.69. The zero-order valence-corrected chi connectivity index (χ0v) is 12.2. The van der Waals surface area contributed by atoms with Crippen molar-refractivity contribution < 1.29 is 0 Å². The van der Waals surface area contributed by atoms with Crippen molar-refractivity contribution in [2.24, 2.45) is 11.3 Å². The second-order valence-electron chi connectivity index (χ2n) is 6.86. The smallest absolute Gasteiger partial charge is 0.0244 e. The molecular formula is C14H30N2. The molecule has 0 bridgehead atoms. The Kier molecular flexibility index (Phi) is 4.42. The zero-order valence-electron chi connectivity index (χ0n) is 12.2. The third kappa shape index (κ3) is 3.21. The summed E-state index contributed by atoms with van der Waals surface area (Å²) in [6.07, 6.45) is 0. The van der Waals surface area contributed by atoms with E-state index in [1.807, 2.05) is 0 Å². The molecule has 0 aliphatic carbocycles. The van der Waals surface area contributed by atoms with Gasteiger partial charge in [-0.05, 0) is 25.2 Å². The van der Waals surface area contributed by atoms with Crippen LogP contribution in [0, 0.1) is 11.3 Å². The molecule has 0 radical (unpaired) electrons. The Balaban J connectivity index is 2.69. The summed E-state index contributed by atoms with van der Waals surface area (Å²) in [6.45, 7) is 18.7. The molecule has 16 heavy (non-hydrogen) atoms. The molecule has 3 atom stereocenters. The quantitative estimate of drug-likeness (QED) is 0.779. The first-order valence-corrected chi connectivity index (χ1v) is 6.72. The van der Waals surface area contributed by atoms with Crippen molar-refractivity contribution in [2.45, 2.75) is 66.6 Å². The summed E-state index contributed by atoms with van der Waals surface area (Å²) < 4.78 is 0. The number of piperazine rings is 1. The van der Waals surface area contributed by atoms with Crippen LogP contribution in [0.1, 0.15) is 48.5 Å². The molecule has 1 rings (SSSR count). The van der Waals surface area contributed by atoms with E-state index < -0.39 is 0 Å². The second kappa shape index (κ2) is 5.05. The molecule has 1 saturated heterocycles. The average molecular weight is 226 g/mol. The Morgan fingerprint density at radius 3 is 2.19 bits per heavy atom. The number of nitrogens with zero attached hydrogens (tertiary/aromatic N) is 1. The molecule has 2 heteroatoms. The van der Waals surface area contributed by atoms with Crippen LogP contribution in [-0.2, 0) is 0 Å². The molecular weight excluding hydrogens is 196 g/mol. The molecule has 0 aromatic rings. The molecule has 2 nitrogen and oxygen atoms in total. The van der Waals surface area contributed by atoms with E-state index in [4.69, 9.17) is 0 Å². The van der Waals surface area contributed by atoms with Crippen LogP contribution in [0.15, 0.2) is 0 Å². The third-order valence-corrected chi connectivity index (χ3v) is 4.15. The highest BCUT2D eigenvalue weighted by Gasteiger charge is 2.34. The zero-order chi connectivity index (χ0) is 12.5. The molecule has 1 N–H and O–H groups in total. The molecule has 0 amide bonds. The minimum absolute atomic E-state index is 0.356. The summed E-state index contributed by atoms with van der Waals surface area (Å²) in [5.74, 6) is 0.737. The van der Waals surface area contributed by atoms with E-state index in [0.29, 0.717) is 23.5 Å². The lowest BCUT2D eigenvalue weighted by molar-refractivity contribution is 0.0466. The van der Waals surface area contributed by atoms with Gasteiger partial charge in [-0.2, -0.15) is 0 Å². The van der Waals surface area contributed by atoms with Crippen LogP contribution >= 0.6 is 0 Å². The summed E-state index contributed by atoms with van der Waals surface area (Å²) in [6, 6.07) is 1.96. The van der Waals surface area contributed by atoms with Crippen molar-refractivity contribution in [2.75, 3.05) is 13.1 Å². The maximum atomic E-state index is 3.69. The fourth-order valence-electron chi connectivity index (χ4n) is 2.42. The molecule has 0 spiro atoms. The normalized spacial score (nSPS) is 30.8. The van der Waals surface area contributed by atoms with Crippen LogP contribution in [0.25, 0.3) is 0 Å². The Hall–Kier alpha value is -0.0800. The van der Waals surface area contributed by atoms with Gasteiger partial charge in [0.2, 0.25) is 0 Å². The van der Waals surface area contributed by atoms with Crippen LogP contribution < -0.4 is 5.32 Å². The van der Waals surface area contributed by atoms with Gasteiger partial charge in [-0.25, -0.2) is 0 Å². The lowest BCUT2D eigenvalue weighted by atomic mass is 9.84. The number of rotatable bonds is 2. The van der Waals surface area contributed by atoms with Gasteiger partial charge in [0.1, 0.15) is 0 Å². The highest BCUT2D eigenvalue weighted by molar-refractivity contribution is 4.92. The van der Waals surface area contributed by atoms with E-state index in [2.05, 4.69) is 58.7 Å². The summed E-state index contributed by atoms with van der Waals surface area (Å²) in [7, 11) is 0. The number of nitrogens with one attached hydrogen (secondary N) is 1. The van der Waals surface area contributed by atoms with Gasteiger partial charge in [-0.15, -0.1) is 0 Å². The van der Waals surface area contributed by atoms with Crippen LogP contribution in [0.5, 0.6) is 0 Å². The maximum Gasteiger partial charge on any atom is 0.0244 e. The van der Waals surface area contributed by atoms with Crippen molar-refractivity contribution in [1.82, 2.24) is 10.2 Å². The highest BCUT2D eigenvalue weighted by Crippen LogP contribution is 2.25. The van der Waals surface area contributed by atoms with Gasteiger partial charge in [0.05, 0.1) is 0 Å². The fourth-order valence-corrected chi connectivity index (χ4v) is 2.42. The first kappa shape index (κ1) is 14.0. The summed E-state index contributed by atoms with van der Waals surface area (Å²) >= 11 is 0. The van der Waals surface area contributed by atoms with Crippen LogP contribution in [0.4, 0.5) is 0 Å². The topological polar surface area (TPSA) is 15.3 Å². The van der Waals surface area contributed by atoms with Gasteiger partial charge >= 0.3 is 0 Å². The monoisotopic (exact) mass is 226 g/mol. The largest absolute Gasteiger partial charge is 0.311 e. The first-order valence-electron chi connectivity index (χ1n) is 6.72. The molecule has 0 aromatic carbocycles. The van der Waals surface area contributed by atoms with Crippen molar-refractivity contribution in [3.63, 3.8) is 0 Å². The predicted octanol–water partition coefficient (Wildman–Crippen LogP) is 2.74. The van der Waals surface area contributed by atoms with Gasteiger partial charge < -0.3 is 5.32 Å². The van der Waals surface area contributed by atoms with E-state index in [1.165, 1.54) is 6.54 Å². The van der Waals surface area contributed by atoms with Gasteiger partial charge in [-0.1, -0.05) is 34.6 Å². The van der Waals surface area contributed by atoms with Crippen LogP contribution in [0.2, 0.25) is 0 Å². The first-order chi connectivity index (χ1) is 7.23. The fraction of sp³-hybridized carbons (Fsp3) is 1.00. The Bertz CT molecular complexity index is 217. The molecule has 0 saturated carbocycles. The molecule has 0 aromatic heterocycles. The Morgan fingerprint density at radius 2 is 1.75 bits per heavy atom. The van der Waals surface area contributed by atoms with Crippen molar-refractivity contribution in [1.29, 1.82) is 0 Å². The minimum atomic E-state index is 0.356. The van der Waals surface area contributed by atoms with E-state index in [9.17, 15) is 0 Å². The Morgan fingerprint density at radius 1 is 1.19 bits per heavy atom. The molecule has 1 heterocycles. The third-order valence-electron chi connectivity index (χ3n) is 4.15. The minimum Gasteiger partial charge on any atom is -0.311 e. The summed E-state index contributed by atoms with van der Waals surface area (Å²) in [4.78, 5) is 2.68. The standard InChI is InChI=1S/C14H30N2/c1-10(2)12(4)16-9-13(14(5,6)7)15-8-11(16)3/h10-13,15H,8-9H2,1-7H3. The van der Waals surface area contributed by atoms with Gasteiger partial charge in [0, 0.05) is 31.2 Å². The lowest BCUT2D eigenvalue weighted by Gasteiger charge is -2.47. The average Bonchev–Trinajstić information content (AvgIpc) is 2.15. The van der Waals surface area contributed by atoms with Crippen LogP contribution in [0.3, 0.4) is 0 Å². The Labute approximate surface area is 102 Å². The van der Waals surface area contributed by atoms with E-state index >= 15 is 0 Å². The van der Waals surface area contributed by atoms with Gasteiger partial charge in [0.25, 0.3) is 0 Å². The summed E-state index contributed by atoms with van der Waals surface area (Å²) in [5.41, 5.74) is 0.356. The molecule has 1 fully saturated rings. The van der Waals surface area contributed by atoms with Gasteiger partial charge in [-0.3, -0.25) is 4.90 Å². The van der Waals surface area contributed by atoms with Crippen molar-refractivity contribution in [3.8, 4) is 0 Å². The number of hydrogen-bond acceptors (Lipinski definition) is 2. The highest BCUT2D eigenvalue weighted by atomic mass is 15.3. The predicted molar refractivity (Wildman–Crippen MR) is 71.7 cm³/mol. The molecule has 1 aliphatic rings.